The van der Waals surface area contributed by atoms with Crippen LogP contribution >= 0.6 is 24.0 Å². The Morgan fingerprint density at radius 3 is 2.15 bits per heavy atom. The highest BCUT2D eigenvalue weighted by atomic mass is 127. The summed E-state index contributed by atoms with van der Waals surface area (Å²) in [5.41, 5.74) is 0.983. The molecule has 0 aliphatic carbocycles. The van der Waals surface area contributed by atoms with Gasteiger partial charge in [-0.3, -0.25) is 4.99 Å². The predicted octanol–water partition coefficient (Wildman–Crippen LogP) is 4.11. The van der Waals surface area contributed by atoms with E-state index in [0.717, 1.165) is 24.9 Å². The lowest BCUT2D eigenvalue weighted by Crippen LogP contribution is -2.37. The molecule has 2 aromatic carbocycles. The predicted molar refractivity (Wildman–Crippen MR) is 111 cm³/mol. The van der Waals surface area contributed by atoms with Gasteiger partial charge < -0.3 is 15.4 Å². The molecule has 4 nitrogen and oxygen atoms in total. The van der Waals surface area contributed by atoms with Crippen LogP contribution in [-0.4, -0.2) is 26.2 Å². The fourth-order valence-corrected chi connectivity index (χ4v) is 2.16. The molecule has 0 amide bonds. The first-order valence-electron chi connectivity index (χ1n) is 8.24. The average molecular weight is 475 g/mol. The zero-order valence-corrected chi connectivity index (χ0v) is 17.0. The van der Waals surface area contributed by atoms with Crippen molar-refractivity contribution in [2.45, 2.75) is 19.4 Å². The topological polar surface area (TPSA) is 45.7 Å². The first kappa shape index (κ1) is 22.1. The SMILES string of the molecule is CN=C(NCCCCOc1ccc(F)cc1)NCc1ccc(F)cc1.I. The van der Waals surface area contributed by atoms with E-state index in [9.17, 15) is 8.78 Å². The van der Waals surface area contributed by atoms with Crippen molar-refractivity contribution in [3.05, 3.63) is 65.7 Å². The van der Waals surface area contributed by atoms with Gasteiger partial charge in [0.25, 0.3) is 0 Å². The number of aliphatic imine (C=N–C) groups is 1. The number of nitrogens with zero attached hydrogens (tertiary/aromatic N) is 1. The van der Waals surface area contributed by atoms with Crippen molar-refractivity contribution in [3.8, 4) is 5.75 Å². The van der Waals surface area contributed by atoms with Crippen LogP contribution in [-0.2, 0) is 6.54 Å². The number of hydrogen-bond acceptors (Lipinski definition) is 2. The fourth-order valence-electron chi connectivity index (χ4n) is 2.16. The van der Waals surface area contributed by atoms with Crippen molar-refractivity contribution in [3.63, 3.8) is 0 Å². The molecular weight excluding hydrogens is 451 g/mol. The van der Waals surface area contributed by atoms with E-state index in [4.69, 9.17) is 4.74 Å². The summed E-state index contributed by atoms with van der Waals surface area (Å²) in [5.74, 6) is 0.861. The largest absolute Gasteiger partial charge is 0.494 e. The Hall–Kier alpha value is -1.90. The highest BCUT2D eigenvalue weighted by Crippen LogP contribution is 2.11. The molecule has 0 aromatic heterocycles. The smallest absolute Gasteiger partial charge is 0.191 e. The summed E-state index contributed by atoms with van der Waals surface area (Å²) in [4.78, 5) is 4.15. The van der Waals surface area contributed by atoms with E-state index in [1.54, 1.807) is 31.3 Å². The molecule has 0 heterocycles. The monoisotopic (exact) mass is 475 g/mol. The molecule has 0 aliphatic rings. The van der Waals surface area contributed by atoms with Crippen LogP contribution in [0.2, 0.25) is 0 Å². The lowest BCUT2D eigenvalue weighted by Gasteiger charge is -2.12. The van der Waals surface area contributed by atoms with Gasteiger partial charge in [-0.1, -0.05) is 12.1 Å². The van der Waals surface area contributed by atoms with Gasteiger partial charge in [0, 0.05) is 20.1 Å². The maximum absolute atomic E-state index is 12.9. The quantitative estimate of drug-likeness (QED) is 0.262. The Bertz CT molecular complexity index is 663. The van der Waals surface area contributed by atoms with E-state index >= 15 is 0 Å². The van der Waals surface area contributed by atoms with Gasteiger partial charge >= 0.3 is 0 Å². The van der Waals surface area contributed by atoms with Crippen LogP contribution in [0, 0.1) is 11.6 Å². The molecule has 0 saturated carbocycles. The molecule has 0 atom stereocenters. The van der Waals surface area contributed by atoms with Gasteiger partial charge in [0.15, 0.2) is 5.96 Å². The second-order valence-corrected chi connectivity index (χ2v) is 5.49. The summed E-state index contributed by atoms with van der Waals surface area (Å²) in [6.45, 7) is 1.92. The second-order valence-electron chi connectivity index (χ2n) is 5.49. The maximum atomic E-state index is 12.9. The summed E-state index contributed by atoms with van der Waals surface area (Å²) in [6.07, 6.45) is 1.79. The van der Waals surface area contributed by atoms with Gasteiger partial charge in [0.05, 0.1) is 6.61 Å². The van der Waals surface area contributed by atoms with Gasteiger partial charge in [-0.25, -0.2) is 8.78 Å². The number of benzene rings is 2. The van der Waals surface area contributed by atoms with E-state index in [-0.39, 0.29) is 35.6 Å². The molecule has 0 bridgehead atoms. The number of unbranched alkanes of at least 4 members (excludes halogenated alkanes) is 1. The standard InChI is InChI=1S/C19H23F2N3O.HI/c1-22-19(24-14-15-4-6-16(20)7-5-15)23-12-2-3-13-25-18-10-8-17(21)9-11-18;/h4-11H,2-3,12-14H2,1H3,(H2,22,23,24);1H. The summed E-state index contributed by atoms with van der Waals surface area (Å²) in [5, 5.41) is 6.39. The average Bonchev–Trinajstić information content (AvgIpc) is 2.63. The minimum Gasteiger partial charge on any atom is -0.494 e. The normalized spacial score (nSPS) is 10.8. The van der Waals surface area contributed by atoms with Crippen LogP contribution in [0.3, 0.4) is 0 Å². The number of halogens is 3. The molecule has 0 unspecified atom stereocenters. The summed E-state index contributed by atoms with van der Waals surface area (Å²) >= 11 is 0. The van der Waals surface area contributed by atoms with Crippen molar-refractivity contribution in [1.82, 2.24) is 10.6 Å². The number of ether oxygens (including phenoxy) is 1. The van der Waals surface area contributed by atoms with Gasteiger partial charge in [0.1, 0.15) is 17.4 Å². The molecule has 0 aliphatic heterocycles. The van der Waals surface area contributed by atoms with Gasteiger partial charge in [-0.2, -0.15) is 0 Å². The number of nitrogens with one attached hydrogen (secondary N) is 2. The third kappa shape index (κ3) is 8.46. The third-order valence-electron chi connectivity index (χ3n) is 3.54. The Labute approximate surface area is 170 Å². The van der Waals surface area contributed by atoms with Crippen molar-refractivity contribution >= 4 is 29.9 Å². The maximum Gasteiger partial charge on any atom is 0.191 e. The van der Waals surface area contributed by atoms with Gasteiger partial charge in [-0.05, 0) is 54.8 Å². The highest BCUT2D eigenvalue weighted by molar-refractivity contribution is 14.0. The Balaban J connectivity index is 0.00000338. The zero-order valence-electron chi connectivity index (χ0n) is 14.7. The molecule has 2 aromatic rings. The Morgan fingerprint density at radius 2 is 1.54 bits per heavy atom. The summed E-state index contributed by atoms with van der Waals surface area (Å²) in [7, 11) is 1.71. The van der Waals surface area contributed by atoms with Crippen LogP contribution in [0.15, 0.2) is 53.5 Å². The summed E-state index contributed by atoms with van der Waals surface area (Å²) in [6, 6.07) is 12.4. The van der Waals surface area contributed by atoms with Crippen molar-refractivity contribution < 1.29 is 13.5 Å². The zero-order chi connectivity index (χ0) is 17.9. The first-order valence-corrected chi connectivity index (χ1v) is 8.24. The number of hydrogen-bond donors (Lipinski definition) is 2. The van der Waals surface area contributed by atoms with E-state index in [0.29, 0.717) is 24.9 Å². The molecule has 0 spiro atoms. The van der Waals surface area contributed by atoms with E-state index in [2.05, 4.69) is 15.6 Å². The molecule has 142 valence electrons. The van der Waals surface area contributed by atoms with Crippen molar-refractivity contribution in [1.29, 1.82) is 0 Å². The minimum atomic E-state index is -0.268. The summed E-state index contributed by atoms with van der Waals surface area (Å²) < 4.78 is 31.2. The van der Waals surface area contributed by atoms with Crippen molar-refractivity contribution in [2.75, 3.05) is 20.2 Å². The van der Waals surface area contributed by atoms with Gasteiger partial charge in [0.2, 0.25) is 0 Å². The lowest BCUT2D eigenvalue weighted by molar-refractivity contribution is 0.306. The third-order valence-corrected chi connectivity index (χ3v) is 3.54. The van der Waals surface area contributed by atoms with Crippen LogP contribution < -0.4 is 15.4 Å². The molecule has 26 heavy (non-hydrogen) atoms. The van der Waals surface area contributed by atoms with Crippen LogP contribution in [0.25, 0.3) is 0 Å². The molecular formula is C19H24F2IN3O. The molecule has 2 rings (SSSR count). The van der Waals surface area contributed by atoms with Crippen LogP contribution in [0.5, 0.6) is 5.75 Å². The van der Waals surface area contributed by atoms with Gasteiger partial charge in [-0.15, -0.1) is 24.0 Å². The molecule has 7 heteroatoms. The minimum absolute atomic E-state index is 0. The van der Waals surface area contributed by atoms with Crippen LogP contribution in [0.4, 0.5) is 8.78 Å². The highest BCUT2D eigenvalue weighted by Gasteiger charge is 1.99. The lowest BCUT2D eigenvalue weighted by atomic mass is 10.2. The molecule has 0 fully saturated rings. The Kier molecular flexibility index (Phi) is 10.6. The Morgan fingerprint density at radius 1 is 0.923 bits per heavy atom. The van der Waals surface area contributed by atoms with E-state index in [1.165, 1.54) is 24.3 Å². The molecule has 2 N–H and O–H groups in total. The molecule has 0 saturated heterocycles. The second kappa shape index (κ2) is 12.5. The molecule has 0 radical (unpaired) electrons. The van der Waals surface area contributed by atoms with E-state index < -0.39 is 0 Å². The van der Waals surface area contributed by atoms with Crippen LogP contribution in [0.1, 0.15) is 18.4 Å². The number of rotatable bonds is 8. The number of guanidine groups is 1. The van der Waals surface area contributed by atoms with E-state index in [1.807, 2.05) is 0 Å². The fraction of sp³-hybridized carbons (Fsp3) is 0.316. The first-order chi connectivity index (χ1) is 12.2. The van der Waals surface area contributed by atoms with Crippen molar-refractivity contribution in [2.24, 2.45) is 4.99 Å².